The summed E-state index contributed by atoms with van der Waals surface area (Å²) in [6.45, 7) is 4.36. The van der Waals surface area contributed by atoms with Crippen molar-refractivity contribution >= 4 is 16.9 Å². The minimum Gasteiger partial charge on any atom is -0.474 e. The van der Waals surface area contributed by atoms with E-state index in [1.54, 1.807) is 0 Å². The van der Waals surface area contributed by atoms with Crippen LogP contribution in [-0.4, -0.2) is 50.5 Å². The molecule has 2 saturated heterocycles. The van der Waals surface area contributed by atoms with Crippen molar-refractivity contribution in [2.24, 2.45) is 0 Å². The first kappa shape index (κ1) is 21.8. The molecule has 2 aromatic heterocycles. The maximum Gasteiger partial charge on any atom is 0.224 e. The van der Waals surface area contributed by atoms with Crippen LogP contribution in [0.4, 0.5) is 5.95 Å². The third-order valence-corrected chi connectivity index (χ3v) is 7.37. The Kier molecular flexibility index (Phi) is 6.47. The van der Waals surface area contributed by atoms with Crippen LogP contribution in [0.25, 0.3) is 10.9 Å². The molecule has 174 valence electrons. The normalized spacial score (nSPS) is 30.9. The Morgan fingerprint density at radius 1 is 1.09 bits per heavy atom. The minimum absolute atomic E-state index is 0.134. The van der Waals surface area contributed by atoms with Crippen molar-refractivity contribution < 1.29 is 14.6 Å². The molecule has 0 radical (unpaired) electrons. The topological polar surface area (TPSA) is 89.4 Å². The average molecular weight is 441 g/mol. The highest BCUT2D eigenvalue weighted by molar-refractivity contribution is 5.86. The molecule has 1 aliphatic carbocycles. The second-order valence-electron chi connectivity index (χ2n) is 9.98. The van der Waals surface area contributed by atoms with Gasteiger partial charge in [-0.3, -0.25) is 0 Å². The number of pyridine rings is 1. The van der Waals surface area contributed by atoms with E-state index in [2.05, 4.69) is 24.1 Å². The molecular formula is C25H36N4O3. The molecule has 7 heteroatoms. The van der Waals surface area contributed by atoms with Crippen molar-refractivity contribution in [1.82, 2.24) is 15.0 Å². The maximum absolute atomic E-state index is 9.97. The third kappa shape index (κ3) is 4.69. The van der Waals surface area contributed by atoms with Crippen LogP contribution in [0.5, 0.6) is 5.88 Å². The number of rotatable bonds is 7. The first-order valence-corrected chi connectivity index (χ1v) is 12.5. The summed E-state index contributed by atoms with van der Waals surface area (Å²) in [4.78, 5) is 14.3. The van der Waals surface area contributed by atoms with E-state index < -0.39 is 0 Å². The fourth-order valence-corrected chi connectivity index (χ4v) is 5.66. The standard InChI is InChI=1S/C25H36N4O3/c1-3-4-15(2)28-25-27-14-22-23(29-25)21(16-5-7-17(30)8-6-16)13-26-24(22)32-20-11-18-9-10-19(12-20)31-18/h13-20,30H,3-12H2,1-2H3,(H,27,28,29)/t15?,16-,17-,18-,19+,20+. The Labute approximate surface area is 190 Å². The summed E-state index contributed by atoms with van der Waals surface area (Å²) in [7, 11) is 0. The van der Waals surface area contributed by atoms with Gasteiger partial charge in [-0.2, -0.15) is 0 Å². The second kappa shape index (κ2) is 9.48. The van der Waals surface area contributed by atoms with Crippen molar-refractivity contribution in [1.29, 1.82) is 0 Å². The van der Waals surface area contributed by atoms with Gasteiger partial charge in [-0.1, -0.05) is 13.3 Å². The van der Waals surface area contributed by atoms with Gasteiger partial charge in [-0.25, -0.2) is 15.0 Å². The van der Waals surface area contributed by atoms with E-state index in [0.29, 0.717) is 36.0 Å². The molecule has 2 N–H and O–H groups in total. The lowest BCUT2D eigenvalue weighted by molar-refractivity contribution is -0.0445. The molecule has 3 fully saturated rings. The molecular weight excluding hydrogens is 404 g/mol. The van der Waals surface area contributed by atoms with Crippen LogP contribution in [0.2, 0.25) is 0 Å². The zero-order valence-electron chi connectivity index (χ0n) is 19.3. The summed E-state index contributed by atoms with van der Waals surface area (Å²) in [6, 6.07) is 0.320. The summed E-state index contributed by atoms with van der Waals surface area (Å²) < 4.78 is 12.4. The number of aromatic nitrogens is 3. The molecule has 3 aliphatic rings. The lowest BCUT2D eigenvalue weighted by atomic mass is 9.83. The van der Waals surface area contributed by atoms with Crippen LogP contribution in [0.15, 0.2) is 12.4 Å². The number of ether oxygens (including phenoxy) is 2. The summed E-state index contributed by atoms with van der Waals surface area (Å²) in [5, 5.41) is 14.3. The molecule has 1 saturated carbocycles. The lowest BCUT2D eigenvalue weighted by Crippen LogP contribution is -2.32. The number of nitrogens with one attached hydrogen (secondary N) is 1. The van der Waals surface area contributed by atoms with Crippen LogP contribution in [0.3, 0.4) is 0 Å². The van der Waals surface area contributed by atoms with Crippen LogP contribution in [0, 0.1) is 0 Å². The van der Waals surface area contributed by atoms with Crippen molar-refractivity contribution in [2.75, 3.05) is 5.32 Å². The molecule has 2 aromatic rings. The molecule has 5 rings (SSSR count). The van der Waals surface area contributed by atoms with E-state index in [-0.39, 0.29) is 12.2 Å². The van der Waals surface area contributed by atoms with Crippen molar-refractivity contribution in [2.45, 2.75) is 114 Å². The number of hydrogen-bond acceptors (Lipinski definition) is 7. The predicted molar refractivity (Wildman–Crippen MR) is 124 cm³/mol. The van der Waals surface area contributed by atoms with Gasteiger partial charge >= 0.3 is 0 Å². The second-order valence-corrected chi connectivity index (χ2v) is 9.98. The zero-order valence-corrected chi connectivity index (χ0v) is 19.3. The van der Waals surface area contributed by atoms with Gasteiger partial charge in [0, 0.05) is 36.8 Å². The summed E-state index contributed by atoms with van der Waals surface area (Å²) >= 11 is 0. The van der Waals surface area contributed by atoms with Gasteiger partial charge in [0.05, 0.1) is 29.2 Å². The predicted octanol–water partition coefficient (Wildman–Crippen LogP) is 4.73. The molecule has 1 unspecified atom stereocenters. The summed E-state index contributed by atoms with van der Waals surface area (Å²) in [5.74, 6) is 1.66. The molecule has 0 spiro atoms. The van der Waals surface area contributed by atoms with Crippen molar-refractivity contribution in [3.63, 3.8) is 0 Å². The van der Waals surface area contributed by atoms with E-state index in [4.69, 9.17) is 19.4 Å². The third-order valence-electron chi connectivity index (χ3n) is 7.37. The smallest absolute Gasteiger partial charge is 0.224 e. The zero-order chi connectivity index (χ0) is 22.1. The van der Waals surface area contributed by atoms with Crippen LogP contribution < -0.4 is 10.1 Å². The number of anilines is 1. The molecule has 0 aromatic carbocycles. The van der Waals surface area contributed by atoms with Gasteiger partial charge in [0.15, 0.2) is 0 Å². The Morgan fingerprint density at radius 3 is 2.56 bits per heavy atom. The molecule has 4 atom stereocenters. The van der Waals surface area contributed by atoms with E-state index in [1.165, 1.54) is 0 Å². The van der Waals surface area contributed by atoms with Crippen LogP contribution in [0.1, 0.15) is 89.5 Å². The van der Waals surface area contributed by atoms with Gasteiger partial charge in [0.2, 0.25) is 11.8 Å². The first-order valence-electron chi connectivity index (χ1n) is 12.5. The Morgan fingerprint density at radius 2 is 1.84 bits per heavy atom. The van der Waals surface area contributed by atoms with E-state index >= 15 is 0 Å². The Hall–Kier alpha value is -1.99. The quantitative estimate of drug-likeness (QED) is 0.643. The van der Waals surface area contributed by atoms with Gasteiger partial charge in [0.25, 0.3) is 0 Å². The number of fused-ring (bicyclic) bond motifs is 3. The molecule has 2 bridgehead atoms. The Balaban J connectivity index is 1.45. The van der Waals surface area contributed by atoms with Crippen molar-refractivity contribution in [3.05, 3.63) is 18.0 Å². The van der Waals surface area contributed by atoms with Crippen molar-refractivity contribution in [3.8, 4) is 5.88 Å². The largest absolute Gasteiger partial charge is 0.474 e. The molecule has 32 heavy (non-hydrogen) atoms. The number of nitrogens with zero attached hydrogens (tertiary/aromatic N) is 3. The van der Waals surface area contributed by atoms with Crippen LogP contribution in [-0.2, 0) is 4.74 Å². The average Bonchev–Trinajstić information content (AvgIpc) is 3.12. The molecule has 2 aliphatic heterocycles. The highest BCUT2D eigenvalue weighted by Crippen LogP contribution is 2.39. The van der Waals surface area contributed by atoms with Gasteiger partial charge < -0.3 is 19.9 Å². The van der Waals surface area contributed by atoms with E-state index in [0.717, 1.165) is 80.7 Å². The monoisotopic (exact) mass is 440 g/mol. The molecule has 7 nitrogen and oxygen atoms in total. The van der Waals surface area contributed by atoms with Gasteiger partial charge in [-0.05, 0) is 57.8 Å². The fraction of sp³-hybridized carbons (Fsp3) is 0.720. The Bertz CT molecular complexity index is 919. The van der Waals surface area contributed by atoms with Gasteiger partial charge in [-0.15, -0.1) is 0 Å². The maximum atomic E-state index is 9.97. The molecule has 4 heterocycles. The summed E-state index contributed by atoms with van der Waals surface area (Å²) in [6.07, 6.45) is 14.3. The lowest BCUT2D eigenvalue weighted by Gasteiger charge is -2.29. The fourth-order valence-electron chi connectivity index (χ4n) is 5.66. The highest BCUT2D eigenvalue weighted by atomic mass is 16.5. The molecule has 0 amide bonds. The number of aliphatic hydroxyl groups is 1. The van der Waals surface area contributed by atoms with E-state index in [9.17, 15) is 5.11 Å². The van der Waals surface area contributed by atoms with Crippen LogP contribution >= 0.6 is 0 Å². The minimum atomic E-state index is -0.182. The van der Waals surface area contributed by atoms with E-state index in [1.807, 2.05) is 12.4 Å². The SMILES string of the molecule is CCCC(C)Nc1ncc2c(O[C@H]3C[C@H]4CC[C@@H](C3)O4)ncc([C@H]3CC[C@H](O)CC3)c2n1. The highest BCUT2D eigenvalue weighted by Gasteiger charge is 2.36. The van der Waals surface area contributed by atoms with Gasteiger partial charge in [0.1, 0.15) is 6.10 Å². The summed E-state index contributed by atoms with van der Waals surface area (Å²) in [5.41, 5.74) is 2.09. The number of hydrogen-bond donors (Lipinski definition) is 2. The number of aliphatic hydroxyl groups excluding tert-OH is 1. The first-order chi connectivity index (χ1) is 15.6.